The summed E-state index contributed by atoms with van der Waals surface area (Å²) in [6.07, 6.45) is 0. The van der Waals surface area contributed by atoms with Crippen molar-refractivity contribution in [1.82, 2.24) is 4.72 Å². The molecule has 0 aliphatic carbocycles. The summed E-state index contributed by atoms with van der Waals surface area (Å²) in [6.45, 7) is 2.10. The molecule has 90 valence electrons. The first kappa shape index (κ1) is 12.8. The highest BCUT2D eigenvalue weighted by molar-refractivity contribution is 7.89. The lowest BCUT2D eigenvalue weighted by molar-refractivity contribution is 0.416. The van der Waals surface area contributed by atoms with Crippen molar-refractivity contribution in [3.63, 3.8) is 0 Å². The molecular weight excluding hydrogens is 228 g/mol. The minimum Gasteiger partial charge on any atom is -0.495 e. The lowest BCUT2D eigenvalue weighted by atomic mass is 10.3. The second kappa shape index (κ2) is 5.18. The van der Waals surface area contributed by atoms with Gasteiger partial charge in [-0.25, -0.2) is 13.1 Å². The predicted octanol–water partition coefficient (Wildman–Crippen LogP) is 1.04. The summed E-state index contributed by atoms with van der Waals surface area (Å²) in [5, 5.41) is 2.88. The molecule has 0 amide bonds. The third-order valence-corrected chi connectivity index (χ3v) is 3.63. The number of hydrogen-bond donors (Lipinski definition) is 2. The second-order valence-corrected chi connectivity index (χ2v) is 4.88. The van der Waals surface area contributed by atoms with Gasteiger partial charge >= 0.3 is 0 Å². The number of hydrogen-bond acceptors (Lipinski definition) is 4. The van der Waals surface area contributed by atoms with Crippen LogP contribution in [0, 0.1) is 0 Å². The number of rotatable bonds is 5. The molecule has 0 saturated heterocycles. The van der Waals surface area contributed by atoms with Crippen molar-refractivity contribution >= 4 is 15.7 Å². The van der Waals surface area contributed by atoms with Crippen molar-refractivity contribution in [1.29, 1.82) is 0 Å². The highest BCUT2D eigenvalue weighted by atomic mass is 32.2. The largest absolute Gasteiger partial charge is 0.495 e. The monoisotopic (exact) mass is 244 g/mol. The summed E-state index contributed by atoms with van der Waals surface area (Å²) in [6, 6.07) is 4.67. The number of nitrogens with one attached hydrogen (secondary N) is 2. The van der Waals surface area contributed by atoms with Gasteiger partial charge in [0.15, 0.2) is 0 Å². The minimum absolute atomic E-state index is 0.222. The maximum absolute atomic E-state index is 11.7. The molecule has 0 saturated carbocycles. The van der Waals surface area contributed by atoms with Gasteiger partial charge in [0.1, 0.15) is 5.75 Å². The normalized spacial score (nSPS) is 11.2. The number of benzene rings is 1. The Balaban J connectivity index is 3.18. The van der Waals surface area contributed by atoms with E-state index in [4.69, 9.17) is 4.74 Å². The van der Waals surface area contributed by atoms with E-state index in [0.29, 0.717) is 18.0 Å². The zero-order valence-electron chi connectivity index (χ0n) is 9.57. The third-order valence-electron chi connectivity index (χ3n) is 2.08. The predicted molar refractivity (Wildman–Crippen MR) is 63.4 cm³/mol. The Bertz CT molecular complexity index is 457. The number of anilines is 1. The fourth-order valence-electron chi connectivity index (χ4n) is 1.32. The van der Waals surface area contributed by atoms with Crippen LogP contribution < -0.4 is 14.8 Å². The first-order chi connectivity index (χ1) is 7.55. The van der Waals surface area contributed by atoms with E-state index in [1.54, 1.807) is 20.0 Å². The summed E-state index contributed by atoms with van der Waals surface area (Å²) in [4.78, 5) is 0.222. The summed E-state index contributed by atoms with van der Waals surface area (Å²) < 4.78 is 31.0. The average Bonchev–Trinajstić information content (AvgIpc) is 2.28. The van der Waals surface area contributed by atoms with Crippen LogP contribution in [0.25, 0.3) is 0 Å². The molecule has 0 unspecified atom stereocenters. The lowest BCUT2D eigenvalue weighted by Gasteiger charge is -2.10. The Morgan fingerprint density at radius 3 is 2.56 bits per heavy atom. The van der Waals surface area contributed by atoms with E-state index in [1.807, 2.05) is 0 Å². The molecule has 0 heterocycles. The molecule has 16 heavy (non-hydrogen) atoms. The molecule has 0 radical (unpaired) electrons. The van der Waals surface area contributed by atoms with Crippen LogP contribution in [0.3, 0.4) is 0 Å². The Morgan fingerprint density at radius 2 is 2.06 bits per heavy atom. The summed E-state index contributed by atoms with van der Waals surface area (Å²) in [5.41, 5.74) is 0.640. The second-order valence-electron chi connectivity index (χ2n) is 3.11. The van der Waals surface area contributed by atoms with Crippen molar-refractivity contribution in [3.8, 4) is 5.75 Å². The number of methoxy groups -OCH3 is 1. The van der Waals surface area contributed by atoms with Crippen LogP contribution in [0.4, 0.5) is 5.69 Å². The van der Waals surface area contributed by atoms with Crippen LogP contribution in [0.2, 0.25) is 0 Å². The van der Waals surface area contributed by atoms with E-state index in [2.05, 4.69) is 10.0 Å². The van der Waals surface area contributed by atoms with Crippen LogP contribution in [-0.4, -0.2) is 29.1 Å². The number of sulfonamides is 1. The Morgan fingerprint density at radius 1 is 1.38 bits per heavy atom. The smallest absolute Gasteiger partial charge is 0.240 e. The van der Waals surface area contributed by atoms with Gasteiger partial charge in [-0.2, -0.15) is 0 Å². The van der Waals surface area contributed by atoms with E-state index >= 15 is 0 Å². The van der Waals surface area contributed by atoms with Gasteiger partial charge in [-0.15, -0.1) is 0 Å². The molecule has 0 aromatic heterocycles. The molecule has 1 rings (SSSR count). The molecule has 0 bridgehead atoms. The first-order valence-corrected chi connectivity index (χ1v) is 6.39. The van der Waals surface area contributed by atoms with Gasteiger partial charge < -0.3 is 10.1 Å². The lowest BCUT2D eigenvalue weighted by Crippen LogP contribution is -2.23. The van der Waals surface area contributed by atoms with Gasteiger partial charge in [-0.1, -0.05) is 6.92 Å². The van der Waals surface area contributed by atoms with Gasteiger partial charge in [0, 0.05) is 13.6 Å². The molecule has 1 aromatic carbocycles. The fourth-order valence-corrected chi connectivity index (χ4v) is 2.39. The van der Waals surface area contributed by atoms with Gasteiger partial charge in [0.05, 0.1) is 17.7 Å². The maximum Gasteiger partial charge on any atom is 0.240 e. The van der Waals surface area contributed by atoms with Crippen LogP contribution in [0.1, 0.15) is 6.92 Å². The molecule has 0 aliphatic heterocycles. The van der Waals surface area contributed by atoms with E-state index in [0.717, 1.165) is 0 Å². The molecule has 0 fully saturated rings. The van der Waals surface area contributed by atoms with Crippen LogP contribution >= 0.6 is 0 Å². The number of ether oxygens (including phenoxy) is 1. The van der Waals surface area contributed by atoms with E-state index in [9.17, 15) is 8.42 Å². The van der Waals surface area contributed by atoms with Crippen molar-refractivity contribution in [2.75, 3.05) is 26.0 Å². The van der Waals surface area contributed by atoms with Crippen molar-refractivity contribution in [2.24, 2.45) is 0 Å². The van der Waals surface area contributed by atoms with Crippen LogP contribution in [0.5, 0.6) is 5.75 Å². The average molecular weight is 244 g/mol. The van der Waals surface area contributed by atoms with E-state index < -0.39 is 10.0 Å². The third kappa shape index (κ3) is 2.65. The molecule has 5 nitrogen and oxygen atoms in total. The van der Waals surface area contributed by atoms with Gasteiger partial charge in [0.2, 0.25) is 10.0 Å². The van der Waals surface area contributed by atoms with E-state index in [1.165, 1.54) is 19.2 Å². The topological polar surface area (TPSA) is 67.4 Å². The van der Waals surface area contributed by atoms with Crippen LogP contribution in [0.15, 0.2) is 23.1 Å². The summed E-state index contributed by atoms with van der Waals surface area (Å²) >= 11 is 0. The fraction of sp³-hybridized carbons (Fsp3) is 0.400. The highest BCUT2D eigenvalue weighted by Crippen LogP contribution is 2.26. The molecule has 1 aromatic rings. The Labute approximate surface area is 95.9 Å². The highest BCUT2D eigenvalue weighted by Gasteiger charge is 2.14. The summed E-state index contributed by atoms with van der Waals surface area (Å²) in [7, 11) is -0.167. The van der Waals surface area contributed by atoms with Crippen LogP contribution in [-0.2, 0) is 10.0 Å². The van der Waals surface area contributed by atoms with Crippen molar-refractivity contribution < 1.29 is 13.2 Å². The molecule has 0 atom stereocenters. The molecule has 2 N–H and O–H groups in total. The van der Waals surface area contributed by atoms with Gasteiger partial charge in [-0.3, -0.25) is 0 Å². The molecule has 6 heteroatoms. The van der Waals surface area contributed by atoms with Gasteiger partial charge in [0.25, 0.3) is 0 Å². The van der Waals surface area contributed by atoms with Gasteiger partial charge in [-0.05, 0) is 18.2 Å². The molecular formula is C10H16N2O3S. The SMILES string of the molecule is CCNS(=O)(=O)c1ccc(OC)c(NC)c1. The molecule has 0 aliphatic rings. The molecule has 0 spiro atoms. The standard InChI is InChI=1S/C10H16N2O3S/c1-4-12-16(13,14)8-5-6-10(15-3)9(7-8)11-2/h5-7,11-12H,4H2,1-3H3. The Kier molecular flexibility index (Phi) is 4.14. The zero-order chi connectivity index (χ0) is 12.2. The van der Waals surface area contributed by atoms with E-state index in [-0.39, 0.29) is 4.90 Å². The van der Waals surface area contributed by atoms with Crippen molar-refractivity contribution in [2.45, 2.75) is 11.8 Å². The Hall–Kier alpha value is -1.27. The maximum atomic E-state index is 11.7. The minimum atomic E-state index is -3.41. The quantitative estimate of drug-likeness (QED) is 0.812. The zero-order valence-corrected chi connectivity index (χ0v) is 10.4. The van der Waals surface area contributed by atoms with Crippen molar-refractivity contribution in [3.05, 3.63) is 18.2 Å². The first-order valence-electron chi connectivity index (χ1n) is 4.90. The summed E-state index contributed by atoms with van der Waals surface area (Å²) in [5.74, 6) is 0.609.